The third kappa shape index (κ3) is 3.01. The average Bonchev–Trinajstić information content (AvgIpc) is 2.96. The number of hydrogen-bond donors (Lipinski definition) is 3. The molecule has 0 bridgehead atoms. The molecular weight excluding hydrogens is 344 g/mol. The van der Waals surface area contributed by atoms with Crippen LogP contribution in [0.2, 0.25) is 0 Å². The molecule has 4 rings (SSSR count). The molecule has 7 heteroatoms. The largest absolute Gasteiger partial charge is 0.352 e. The van der Waals surface area contributed by atoms with Crippen molar-refractivity contribution in [3.8, 4) is 0 Å². The summed E-state index contributed by atoms with van der Waals surface area (Å²) in [5, 5.41) is 5.68. The summed E-state index contributed by atoms with van der Waals surface area (Å²) in [5.41, 5.74) is 3.88. The van der Waals surface area contributed by atoms with E-state index in [9.17, 15) is 14.4 Å². The monoisotopic (exact) mass is 364 g/mol. The third-order valence-corrected chi connectivity index (χ3v) is 4.78. The topological polar surface area (TPSA) is 96.0 Å². The van der Waals surface area contributed by atoms with Gasteiger partial charge in [0.05, 0.1) is 11.0 Å². The van der Waals surface area contributed by atoms with Crippen molar-refractivity contribution in [2.45, 2.75) is 26.3 Å². The predicted octanol–water partition coefficient (Wildman–Crippen LogP) is 2.45. The molecule has 27 heavy (non-hydrogen) atoms. The number of fused-ring (bicyclic) bond motifs is 2. The summed E-state index contributed by atoms with van der Waals surface area (Å²) in [5.74, 6) is -0.347. The summed E-state index contributed by atoms with van der Waals surface area (Å²) >= 11 is 0. The smallest absolute Gasteiger partial charge is 0.326 e. The van der Waals surface area contributed by atoms with Gasteiger partial charge in [0, 0.05) is 29.4 Å². The Morgan fingerprint density at radius 3 is 2.74 bits per heavy atom. The number of nitrogens with one attached hydrogen (secondary N) is 3. The highest BCUT2D eigenvalue weighted by molar-refractivity contribution is 6.06. The first-order chi connectivity index (χ1) is 12.9. The molecule has 1 aliphatic heterocycles. The molecule has 3 N–H and O–H groups in total. The van der Waals surface area contributed by atoms with Gasteiger partial charge in [-0.15, -0.1) is 0 Å². The number of nitrogens with zero attached hydrogens (tertiary/aromatic N) is 1. The van der Waals surface area contributed by atoms with Gasteiger partial charge in [0.2, 0.25) is 0 Å². The molecule has 0 radical (unpaired) electrons. The van der Waals surface area contributed by atoms with Gasteiger partial charge in [0.25, 0.3) is 11.8 Å². The van der Waals surface area contributed by atoms with Crippen LogP contribution >= 0.6 is 0 Å². The van der Waals surface area contributed by atoms with Crippen LogP contribution in [-0.4, -0.2) is 27.9 Å². The second-order valence-electron chi connectivity index (χ2n) is 6.96. The van der Waals surface area contributed by atoms with Gasteiger partial charge in [-0.05, 0) is 62.2 Å². The van der Waals surface area contributed by atoms with E-state index < -0.39 is 0 Å². The molecule has 2 heterocycles. The quantitative estimate of drug-likeness (QED) is 0.666. The zero-order chi connectivity index (χ0) is 19.1. The van der Waals surface area contributed by atoms with E-state index in [0.717, 1.165) is 12.0 Å². The molecule has 0 saturated heterocycles. The van der Waals surface area contributed by atoms with E-state index in [2.05, 4.69) is 15.6 Å². The van der Waals surface area contributed by atoms with Crippen LogP contribution in [0.25, 0.3) is 11.0 Å². The van der Waals surface area contributed by atoms with E-state index in [1.165, 1.54) is 0 Å². The van der Waals surface area contributed by atoms with Crippen molar-refractivity contribution in [2.75, 3.05) is 11.9 Å². The van der Waals surface area contributed by atoms with E-state index in [1.807, 2.05) is 19.9 Å². The number of aromatic amines is 1. The lowest BCUT2D eigenvalue weighted by atomic mass is 9.99. The third-order valence-electron chi connectivity index (χ3n) is 4.78. The lowest BCUT2D eigenvalue weighted by Crippen LogP contribution is -2.31. The van der Waals surface area contributed by atoms with Gasteiger partial charge in [-0.2, -0.15) is 0 Å². The molecule has 138 valence electrons. The zero-order valence-corrected chi connectivity index (χ0v) is 15.1. The Hall–Kier alpha value is -3.35. The fourth-order valence-electron chi connectivity index (χ4n) is 3.48. The van der Waals surface area contributed by atoms with Crippen LogP contribution < -0.4 is 16.3 Å². The first kappa shape index (κ1) is 17.1. The van der Waals surface area contributed by atoms with Gasteiger partial charge in [-0.25, -0.2) is 4.79 Å². The molecule has 0 spiro atoms. The van der Waals surface area contributed by atoms with Crippen LogP contribution in [0.3, 0.4) is 0 Å². The number of H-pyrrole nitrogens is 1. The van der Waals surface area contributed by atoms with Crippen molar-refractivity contribution in [1.82, 2.24) is 14.9 Å². The Kier molecular flexibility index (Phi) is 4.07. The molecule has 2 amide bonds. The summed E-state index contributed by atoms with van der Waals surface area (Å²) in [6.45, 7) is 4.44. The van der Waals surface area contributed by atoms with E-state index in [0.29, 0.717) is 34.4 Å². The maximum atomic E-state index is 12.7. The normalized spacial score (nSPS) is 13.5. The fourth-order valence-corrected chi connectivity index (χ4v) is 3.48. The van der Waals surface area contributed by atoms with Crippen LogP contribution in [0.5, 0.6) is 0 Å². The number of rotatable bonds is 3. The summed E-state index contributed by atoms with van der Waals surface area (Å²) in [6, 6.07) is 10.4. The lowest BCUT2D eigenvalue weighted by Gasteiger charge is -2.17. The first-order valence-corrected chi connectivity index (χ1v) is 8.91. The van der Waals surface area contributed by atoms with Gasteiger partial charge in [-0.1, -0.05) is 0 Å². The molecule has 0 atom stereocenters. The molecule has 7 nitrogen and oxygen atoms in total. The SMILES string of the molecule is CC(C)n1c(=O)[nH]c2ccc(C(=O)Nc3ccc4c(c3)CCNC4=O)cc21. The molecule has 0 unspecified atom stereocenters. The minimum atomic E-state index is -0.263. The molecule has 0 saturated carbocycles. The van der Waals surface area contributed by atoms with Crippen LogP contribution in [0.1, 0.15) is 46.2 Å². The fraction of sp³-hybridized carbons (Fsp3) is 0.250. The van der Waals surface area contributed by atoms with Gasteiger partial charge < -0.3 is 15.6 Å². The Morgan fingerprint density at radius 2 is 1.96 bits per heavy atom. The molecule has 2 aromatic carbocycles. The maximum absolute atomic E-state index is 12.7. The average molecular weight is 364 g/mol. The minimum Gasteiger partial charge on any atom is -0.352 e. The Balaban J connectivity index is 1.64. The van der Waals surface area contributed by atoms with Crippen LogP contribution in [0, 0.1) is 0 Å². The summed E-state index contributed by atoms with van der Waals surface area (Å²) in [7, 11) is 0. The van der Waals surface area contributed by atoms with Gasteiger partial charge >= 0.3 is 5.69 Å². The van der Waals surface area contributed by atoms with Gasteiger partial charge in [-0.3, -0.25) is 14.2 Å². The zero-order valence-electron chi connectivity index (χ0n) is 15.1. The van der Waals surface area contributed by atoms with Crippen molar-refractivity contribution in [2.24, 2.45) is 0 Å². The minimum absolute atomic E-state index is 0.0173. The van der Waals surface area contributed by atoms with Gasteiger partial charge in [0.1, 0.15) is 0 Å². The summed E-state index contributed by atoms with van der Waals surface area (Å²) < 4.78 is 1.63. The van der Waals surface area contributed by atoms with Gasteiger partial charge in [0.15, 0.2) is 0 Å². The highest BCUT2D eigenvalue weighted by Gasteiger charge is 2.18. The highest BCUT2D eigenvalue weighted by atomic mass is 16.2. The van der Waals surface area contributed by atoms with Crippen LogP contribution in [0.15, 0.2) is 41.2 Å². The Labute approximate surface area is 155 Å². The molecule has 0 fully saturated rings. The van der Waals surface area contributed by atoms with Crippen molar-refractivity contribution < 1.29 is 9.59 Å². The van der Waals surface area contributed by atoms with E-state index >= 15 is 0 Å². The second kappa shape index (κ2) is 6.42. The number of benzene rings is 2. The number of imidazole rings is 1. The molecule has 1 aliphatic rings. The van der Waals surface area contributed by atoms with E-state index in [1.54, 1.807) is 34.9 Å². The Bertz CT molecular complexity index is 1120. The number of hydrogen-bond acceptors (Lipinski definition) is 3. The number of carbonyl (C=O) groups excluding carboxylic acids is 2. The maximum Gasteiger partial charge on any atom is 0.326 e. The molecule has 1 aromatic heterocycles. The number of anilines is 1. The van der Waals surface area contributed by atoms with Crippen molar-refractivity contribution in [3.05, 3.63) is 63.6 Å². The highest BCUT2D eigenvalue weighted by Crippen LogP contribution is 2.21. The first-order valence-electron chi connectivity index (χ1n) is 8.91. The van der Waals surface area contributed by atoms with Crippen molar-refractivity contribution >= 4 is 28.5 Å². The second-order valence-corrected chi connectivity index (χ2v) is 6.96. The molecule has 3 aromatic rings. The predicted molar refractivity (Wildman–Crippen MR) is 103 cm³/mol. The summed E-state index contributed by atoms with van der Waals surface area (Å²) in [4.78, 5) is 39.4. The lowest BCUT2D eigenvalue weighted by molar-refractivity contribution is 0.0945. The number of carbonyl (C=O) groups is 2. The number of aromatic nitrogens is 2. The van der Waals surface area contributed by atoms with Crippen LogP contribution in [-0.2, 0) is 6.42 Å². The van der Waals surface area contributed by atoms with E-state index in [-0.39, 0.29) is 23.5 Å². The standard InChI is InChI=1S/C20H20N4O3/c1-11(2)24-17-10-13(3-6-16(17)23-20(24)27)18(25)22-14-4-5-15-12(9-14)7-8-21-19(15)26/h3-6,9-11H,7-8H2,1-2H3,(H,21,26)(H,22,25)(H,23,27). The van der Waals surface area contributed by atoms with E-state index in [4.69, 9.17) is 0 Å². The summed E-state index contributed by atoms with van der Waals surface area (Å²) in [6.07, 6.45) is 0.737. The van der Waals surface area contributed by atoms with Crippen LogP contribution in [0.4, 0.5) is 5.69 Å². The molecule has 0 aliphatic carbocycles. The Morgan fingerprint density at radius 1 is 1.15 bits per heavy atom. The van der Waals surface area contributed by atoms with Crippen molar-refractivity contribution in [1.29, 1.82) is 0 Å². The molecular formula is C20H20N4O3. The van der Waals surface area contributed by atoms with Crippen molar-refractivity contribution in [3.63, 3.8) is 0 Å². The number of amides is 2.